The Labute approximate surface area is 134 Å². The summed E-state index contributed by atoms with van der Waals surface area (Å²) < 4.78 is 0. The van der Waals surface area contributed by atoms with E-state index in [1.807, 2.05) is 36.0 Å². The van der Waals surface area contributed by atoms with Crippen molar-refractivity contribution < 1.29 is 5.11 Å². The van der Waals surface area contributed by atoms with E-state index in [9.17, 15) is 5.11 Å². The van der Waals surface area contributed by atoms with Crippen LogP contribution in [0.25, 0.3) is 4.91 Å². The fourth-order valence-electron chi connectivity index (χ4n) is 2.42. The normalized spacial score (nSPS) is 16.8. The van der Waals surface area contributed by atoms with Crippen LogP contribution in [0.1, 0.15) is 11.1 Å². The average Bonchev–Trinajstić information content (AvgIpc) is 2.56. The van der Waals surface area contributed by atoms with Crippen molar-refractivity contribution in [2.45, 2.75) is 12.5 Å². The first-order chi connectivity index (χ1) is 10.3. The maximum absolute atomic E-state index is 10.7. The summed E-state index contributed by atoms with van der Waals surface area (Å²) in [6.45, 7) is 0. The molecule has 2 aromatic carbocycles. The molecule has 0 radical (unpaired) electrons. The van der Waals surface area contributed by atoms with E-state index in [-0.39, 0.29) is 0 Å². The zero-order valence-corrected chi connectivity index (χ0v) is 13.4. The van der Waals surface area contributed by atoms with Gasteiger partial charge in [0, 0.05) is 27.7 Å². The van der Waals surface area contributed by atoms with Gasteiger partial charge in [-0.25, -0.2) is 0 Å². The highest BCUT2D eigenvalue weighted by atomic mass is 32.2. The van der Waals surface area contributed by atoms with Gasteiger partial charge in [0.1, 0.15) is 0 Å². The van der Waals surface area contributed by atoms with Crippen LogP contribution in [0.2, 0.25) is 0 Å². The van der Waals surface area contributed by atoms with Gasteiger partial charge in [-0.2, -0.15) is 0 Å². The lowest BCUT2D eigenvalue weighted by Gasteiger charge is -2.23. The zero-order chi connectivity index (χ0) is 14.5. The Kier molecular flexibility index (Phi) is 5.07. The second-order valence-corrected chi connectivity index (χ2v) is 7.20. The molecule has 1 atom stereocenters. The third-order valence-corrected chi connectivity index (χ3v) is 6.16. The van der Waals surface area contributed by atoms with E-state index < -0.39 is 6.10 Å². The molecule has 1 nitrogen and oxygen atoms in total. The topological polar surface area (TPSA) is 20.2 Å². The van der Waals surface area contributed by atoms with Crippen LogP contribution in [-0.4, -0.2) is 22.7 Å². The van der Waals surface area contributed by atoms with Crippen LogP contribution < -0.4 is 0 Å². The van der Waals surface area contributed by atoms with E-state index in [2.05, 4.69) is 36.4 Å². The first kappa shape index (κ1) is 14.8. The molecule has 1 N–H and O–H groups in total. The van der Waals surface area contributed by atoms with Crippen molar-refractivity contribution in [1.82, 2.24) is 0 Å². The van der Waals surface area contributed by atoms with Crippen molar-refractivity contribution in [3.8, 4) is 0 Å². The molecule has 0 aliphatic carbocycles. The van der Waals surface area contributed by atoms with Gasteiger partial charge >= 0.3 is 0 Å². The summed E-state index contributed by atoms with van der Waals surface area (Å²) in [6.07, 6.45) is 0.264. The predicted octanol–water partition coefficient (Wildman–Crippen LogP) is 4.44. The highest BCUT2D eigenvalue weighted by Gasteiger charge is 2.22. The molecule has 0 saturated heterocycles. The van der Waals surface area contributed by atoms with Crippen molar-refractivity contribution in [1.29, 1.82) is 0 Å². The van der Waals surface area contributed by atoms with Crippen LogP contribution >= 0.6 is 23.5 Å². The Morgan fingerprint density at radius 3 is 2.19 bits per heavy atom. The molecule has 3 heteroatoms. The average molecular weight is 314 g/mol. The molecule has 108 valence electrons. The number of thioether (sulfide) groups is 2. The lowest BCUT2D eigenvalue weighted by Crippen LogP contribution is -2.16. The minimum Gasteiger partial charge on any atom is -0.387 e. The standard InChI is InChI=1S/C18H18OS2/c19-16(13-14-7-3-1-4-8-14)18-17(20-11-12-21-18)15-9-5-2-6-10-15/h1-10,16,19H,11-13H2. The molecule has 1 aliphatic rings. The predicted molar refractivity (Wildman–Crippen MR) is 94.4 cm³/mol. The van der Waals surface area contributed by atoms with Gasteiger partial charge in [-0.3, -0.25) is 0 Å². The van der Waals surface area contributed by atoms with Crippen LogP contribution in [0, 0.1) is 0 Å². The second kappa shape index (κ2) is 7.21. The Morgan fingerprint density at radius 1 is 0.857 bits per heavy atom. The number of aliphatic hydroxyl groups is 1. The SMILES string of the molecule is OC(Cc1ccccc1)C1=C(c2ccccc2)SCCS1. The van der Waals surface area contributed by atoms with Crippen molar-refractivity contribution in [2.24, 2.45) is 0 Å². The molecule has 0 aromatic heterocycles. The van der Waals surface area contributed by atoms with Crippen LogP contribution in [-0.2, 0) is 6.42 Å². The summed E-state index contributed by atoms with van der Waals surface area (Å²) >= 11 is 3.66. The molecule has 3 rings (SSSR count). The van der Waals surface area contributed by atoms with Gasteiger partial charge in [-0.05, 0) is 11.1 Å². The van der Waals surface area contributed by atoms with Gasteiger partial charge in [-0.1, -0.05) is 60.7 Å². The van der Waals surface area contributed by atoms with Crippen molar-refractivity contribution >= 4 is 28.4 Å². The first-order valence-electron chi connectivity index (χ1n) is 7.12. The van der Waals surface area contributed by atoms with E-state index >= 15 is 0 Å². The molecule has 0 spiro atoms. The van der Waals surface area contributed by atoms with Crippen molar-refractivity contribution in [2.75, 3.05) is 11.5 Å². The summed E-state index contributed by atoms with van der Waals surface area (Å²) in [4.78, 5) is 2.37. The van der Waals surface area contributed by atoms with E-state index in [4.69, 9.17) is 0 Å². The summed E-state index contributed by atoms with van der Waals surface area (Å²) in [7, 11) is 0. The maximum atomic E-state index is 10.7. The largest absolute Gasteiger partial charge is 0.387 e. The summed E-state index contributed by atoms with van der Waals surface area (Å²) in [5.41, 5.74) is 2.40. The summed E-state index contributed by atoms with van der Waals surface area (Å²) in [6, 6.07) is 20.6. The first-order valence-corrected chi connectivity index (χ1v) is 9.09. The molecule has 1 heterocycles. The van der Waals surface area contributed by atoms with Crippen LogP contribution in [0.15, 0.2) is 65.6 Å². The van der Waals surface area contributed by atoms with Crippen molar-refractivity contribution in [3.63, 3.8) is 0 Å². The fourth-order valence-corrected chi connectivity index (χ4v) is 4.97. The van der Waals surface area contributed by atoms with E-state index in [1.165, 1.54) is 16.0 Å². The molecule has 0 fully saturated rings. The van der Waals surface area contributed by atoms with Gasteiger partial charge in [-0.15, -0.1) is 23.5 Å². The minimum absolute atomic E-state index is 0.416. The van der Waals surface area contributed by atoms with E-state index in [0.29, 0.717) is 6.42 Å². The molecule has 0 amide bonds. The van der Waals surface area contributed by atoms with Gasteiger partial charge in [0.05, 0.1) is 6.10 Å². The van der Waals surface area contributed by atoms with Crippen LogP contribution in [0.5, 0.6) is 0 Å². The zero-order valence-electron chi connectivity index (χ0n) is 11.7. The van der Waals surface area contributed by atoms with E-state index in [0.717, 1.165) is 16.4 Å². The lowest BCUT2D eigenvalue weighted by atomic mass is 10.1. The summed E-state index contributed by atoms with van der Waals surface area (Å²) in [5.74, 6) is 2.18. The Bertz CT molecular complexity index is 608. The Balaban J connectivity index is 1.87. The van der Waals surface area contributed by atoms with Gasteiger partial charge in [0.2, 0.25) is 0 Å². The molecular formula is C18H18OS2. The molecule has 1 aliphatic heterocycles. The molecule has 1 unspecified atom stereocenters. The lowest BCUT2D eigenvalue weighted by molar-refractivity contribution is 0.221. The van der Waals surface area contributed by atoms with Crippen molar-refractivity contribution in [3.05, 3.63) is 76.7 Å². The highest BCUT2D eigenvalue weighted by molar-refractivity contribution is 8.13. The second-order valence-electron chi connectivity index (χ2n) is 4.96. The number of aliphatic hydroxyl groups excluding tert-OH is 1. The minimum atomic E-state index is -0.416. The smallest absolute Gasteiger partial charge is 0.0899 e. The van der Waals surface area contributed by atoms with Gasteiger partial charge in [0.15, 0.2) is 0 Å². The molecule has 0 saturated carbocycles. The van der Waals surface area contributed by atoms with Gasteiger partial charge < -0.3 is 5.11 Å². The molecule has 2 aromatic rings. The molecular weight excluding hydrogens is 296 g/mol. The quantitative estimate of drug-likeness (QED) is 0.901. The fraction of sp³-hybridized carbons (Fsp3) is 0.222. The highest BCUT2D eigenvalue weighted by Crippen LogP contribution is 2.42. The number of rotatable bonds is 4. The monoisotopic (exact) mass is 314 g/mol. The van der Waals surface area contributed by atoms with Crippen LogP contribution in [0.4, 0.5) is 0 Å². The third-order valence-electron chi connectivity index (χ3n) is 3.42. The Morgan fingerprint density at radius 2 is 1.48 bits per heavy atom. The number of hydrogen-bond donors (Lipinski definition) is 1. The third kappa shape index (κ3) is 3.73. The van der Waals surface area contributed by atoms with Crippen LogP contribution in [0.3, 0.4) is 0 Å². The Hall–Kier alpha value is -1.16. The van der Waals surface area contributed by atoms with Gasteiger partial charge in [0.25, 0.3) is 0 Å². The summed E-state index contributed by atoms with van der Waals surface area (Å²) in [5, 5.41) is 10.7. The molecule has 21 heavy (non-hydrogen) atoms. The molecule has 0 bridgehead atoms. The number of hydrogen-bond acceptors (Lipinski definition) is 3. The number of benzene rings is 2. The maximum Gasteiger partial charge on any atom is 0.0899 e. The van der Waals surface area contributed by atoms with E-state index in [1.54, 1.807) is 11.8 Å².